The van der Waals surface area contributed by atoms with E-state index in [9.17, 15) is 13.2 Å². The molecule has 5 heteroatoms. The highest BCUT2D eigenvalue weighted by Crippen LogP contribution is 2.23. The van der Waals surface area contributed by atoms with Crippen molar-refractivity contribution in [1.29, 1.82) is 0 Å². The summed E-state index contributed by atoms with van der Waals surface area (Å²) in [4.78, 5) is 16.5. The van der Waals surface area contributed by atoms with Crippen LogP contribution in [0.3, 0.4) is 0 Å². The van der Waals surface area contributed by atoms with Crippen LogP contribution in [0.1, 0.15) is 24.2 Å². The minimum atomic E-state index is -3.48. The first-order valence-corrected chi connectivity index (χ1v) is 7.72. The molecule has 0 bridgehead atoms. The molecular weight excluding hydrogens is 262 g/mol. The lowest BCUT2D eigenvalue weighted by Crippen LogP contribution is -2.40. The summed E-state index contributed by atoms with van der Waals surface area (Å²) in [6.07, 6.45) is 2.50. The summed E-state index contributed by atoms with van der Waals surface area (Å²) >= 11 is 0. The van der Waals surface area contributed by atoms with Gasteiger partial charge < -0.3 is 0 Å². The van der Waals surface area contributed by atoms with E-state index in [4.69, 9.17) is 0 Å². The van der Waals surface area contributed by atoms with E-state index in [-0.39, 0.29) is 0 Å². The van der Waals surface area contributed by atoms with E-state index in [1.165, 1.54) is 20.0 Å². The molecule has 0 aliphatic carbocycles. The van der Waals surface area contributed by atoms with Crippen molar-refractivity contribution in [3.8, 4) is 0 Å². The molecular formula is C14H15NO3S. The SMILES string of the molecule is CC(C)(C(=O)c1cnc2ccccc2c1)S(C)(=O)=O. The Morgan fingerprint density at radius 2 is 1.84 bits per heavy atom. The normalized spacial score (nSPS) is 12.6. The molecule has 2 rings (SSSR count). The van der Waals surface area contributed by atoms with Crippen molar-refractivity contribution in [2.75, 3.05) is 6.26 Å². The maximum absolute atomic E-state index is 12.3. The van der Waals surface area contributed by atoms with Gasteiger partial charge in [-0.3, -0.25) is 9.78 Å². The third kappa shape index (κ3) is 2.38. The van der Waals surface area contributed by atoms with Gasteiger partial charge in [-0.05, 0) is 26.0 Å². The van der Waals surface area contributed by atoms with Crippen molar-refractivity contribution in [2.45, 2.75) is 18.6 Å². The Hall–Kier alpha value is -1.75. The fourth-order valence-electron chi connectivity index (χ4n) is 1.71. The number of carbonyl (C=O) groups is 1. The van der Waals surface area contributed by atoms with Gasteiger partial charge in [-0.2, -0.15) is 0 Å². The number of benzene rings is 1. The highest BCUT2D eigenvalue weighted by atomic mass is 32.2. The Labute approximate surface area is 112 Å². The molecule has 0 fully saturated rings. The molecule has 2 aromatic rings. The van der Waals surface area contributed by atoms with Gasteiger partial charge in [0.1, 0.15) is 4.75 Å². The fraction of sp³-hybridized carbons (Fsp3) is 0.286. The number of para-hydroxylation sites is 1. The molecule has 0 saturated heterocycles. The summed E-state index contributed by atoms with van der Waals surface area (Å²) in [5, 5.41) is 0.817. The number of sulfone groups is 1. The molecule has 1 aromatic heterocycles. The molecule has 1 aromatic carbocycles. The standard InChI is InChI=1S/C14H15NO3S/c1-14(2,19(3,17)18)13(16)11-8-10-6-4-5-7-12(10)15-9-11/h4-9H,1-3H3. The monoisotopic (exact) mass is 277 g/mol. The van der Waals surface area contributed by atoms with Gasteiger partial charge >= 0.3 is 0 Å². The molecule has 0 N–H and O–H groups in total. The third-order valence-electron chi connectivity index (χ3n) is 3.33. The summed E-state index contributed by atoms with van der Waals surface area (Å²) in [6.45, 7) is 2.83. The maximum Gasteiger partial charge on any atom is 0.185 e. The zero-order valence-corrected chi connectivity index (χ0v) is 11.9. The first kappa shape index (κ1) is 13.7. The fourth-order valence-corrected chi connectivity index (χ4v) is 2.17. The lowest BCUT2D eigenvalue weighted by molar-refractivity contribution is 0.0954. The molecule has 0 unspecified atom stereocenters. The first-order valence-electron chi connectivity index (χ1n) is 5.83. The topological polar surface area (TPSA) is 64.1 Å². The smallest absolute Gasteiger partial charge is 0.185 e. The minimum absolute atomic E-state index is 0.314. The number of hydrogen-bond donors (Lipinski definition) is 0. The van der Waals surface area contributed by atoms with Crippen LogP contribution in [-0.4, -0.2) is 30.2 Å². The van der Waals surface area contributed by atoms with E-state index in [1.54, 1.807) is 6.07 Å². The van der Waals surface area contributed by atoms with Crippen molar-refractivity contribution in [3.63, 3.8) is 0 Å². The molecule has 0 atom stereocenters. The largest absolute Gasteiger partial charge is 0.292 e. The molecule has 19 heavy (non-hydrogen) atoms. The van der Waals surface area contributed by atoms with E-state index < -0.39 is 20.4 Å². The number of carbonyl (C=O) groups excluding carboxylic acids is 1. The van der Waals surface area contributed by atoms with E-state index in [0.29, 0.717) is 5.56 Å². The highest BCUT2D eigenvalue weighted by molar-refractivity contribution is 7.92. The van der Waals surface area contributed by atoms with Crippen LogP contribution in [0.2, 0.25) is 0 Å². The Bertz CT molecular complexity index is 748. The molecule has 0 saturated carbocycles. The van der Waals surface area contributed by atoms with E-state index >= 15 is 0 Å². The van der Waals surface area contributed by atoms with Crippen LogP contribution in [0.25, 0.3) is 10.9 Å². The molecule has 100 valence electrons. The Morgan fingerprint density at radius 3 is 2.47 bits per heavy atom. The minimum Gasteiger partial charge on any atom is -0.292 e. The molecule has 1 heterocycles. The van der Waals surface area contributed by atoms with E-state index in [2.05, 4.69) is 4.98 Å². The van der Waals surface area contributed by atoms with Crippen LogP contribution in [0, 0.1) is 0 Å². The highest BCUT2D eigenvalue weighted by Gasteiger charge is 2.39. The molecule has 0 aliphatic rings. The first-order chi connectivity index (χ1) is 8.73. The average Bonchev–Trinajstić information content (AvgIpc) is 2.36. The van der Waals surface area contributed by atoms with Crippen LogP contribution >= 0.6 is 0 Å². The Balaban J connectivity index is 2.54. The van der Waals surface area contributed by atoms with Crippen LogP contribution in [0.4, 0.5) is 0 Å². The van der Waals surface area contributed by atoms with Gasteiger partial charge in [0.15, 0.2) is 15.6 Å². The Kier molecular flexibility index (Phi) is 3.18. The van der Waals surface area contributed by atoms with Crippen LogP contribution < -0.4 is 0 Å². The summed E-state index contributed by atoms with van der Waals surface area (Å²) in [5.41, 5.74) is 1.09. The predicted octanol–water partition coefficient (Wildman–Crippen LogP) is 2.24. The second-order valence-electron chi connectivity index (χ2n) is 5.03. The summed E-state index contributed by atoms with van der Waals surface area (Å²) < 4.78 is 21.9. The van der Waals surface area contributed by atoms with Crippen molar-refractivity contribution < 1.29 is 13.2 Å². The van der Waals surface area contributed by atoms with Crippen LogP contribution in [-0.2, 0) is 9.84 Å². The second kappa shape index (κ2) is 4.42. The summed E-state index contributed by atoms with van der Waals surface area (Å²) in [7, 11) is -3.48. The number of ketones is 1. The molecule has 0 radical (unpaired) electrons. The van der Waals surface area contributed by atoms with E-state index in [1.807, 2.05) is 24.3 Å². The number of Topliss-reactive ketones (excluding diaryl/α,β-unsaturated/α-hetero) is 1. The average molecular weight is 277 g/mol. The Morgan fingerprint density at radius 1 is 1.21 bits per heavy atom. The molecule has 0 amide bonds. The van der Waals surface area contributed by atoms with Gasteiger partial charge in [0, 0.05) is 23.4 Å². The summed E-state index contributed by atoms with van der Waals surface area (Å²) in [5.74, 6) is -0.437. The number of hydrogen-bond acceptors (Lipinski definition) is 4. The molecule has 0 spiro atoms. The van der Waals surface area contributed by atoms with E-state index in [0.717, 1.165) is 17.2 Å². The van der Waals surface area contributed by atoms with Crippen LogP contribution in [0.5, 0.6) is 0 Å². The zero-order valence-electron chi connectivity index (χ0n) is 11.0. The van der Waals surface area contributed by atoms with Gasteiger partial charge in [-0.15, -0.1) is 0 Å². The zero-order chi connectivity index (χ0) is 14.3. The maximum atomic E-state index is 12.3. The molecule has 4 nitrogen and oxygen atoms in total. The van der Waals surface area contributed by atoms with Crippen molar-refractivity contribution in [3.05, 3.63) is 42.1 Å². The number of nitrogens with zero attached hydrogens (tertiary/aromatic N) is 1. The van der Waals surface area contributed by atoms with Crippen molar-refractivity contribution in [1.82, 2.24) is 4.98 Å². The molecule has 0 aliphatic heterocycles. The van der Waals surface area contributed by atoms with Crippen molar-refractivity contribution >= 4 is 26.5 Å². The number of fused-ring (bicyclic) bond motifs is 1. The number of rotatable bonds is 3. The quantitative estimate of drug-likeness (QED) is 0.807. The lowest BCUT2D eigenvalue weighted by atomic mass is 10.0. The van der Waals surface area contributed by atoms with Gasteiger partial charge in [-0.25, -0.2) is 8.42 Å². The van der Waals surface area contributed by atoms with Gasteiger partial charge in [0.05, 0.1) is 5.52 Å². The van der Waals surface area contributed by atoms with Gasteiger partial charge in [0.25, 0.3) is 0 Å². The van der Waals surface area contributed by atoms with Gasteiger partial charge in [0.2, 0.25) is 0 Å². The second-order valence-corrected chi connectivity index (χ2v) is 7.59. The van der Waals surface area contributed by atoms with Crippen molar-refractivity contribution in [2.24, 2.45) is 0 Å². The lowest BCUT2D eigenvalue weighted by Gasteiger charge is -2.20. The van der Waals surface area contributed by atoms with Crippen LogP contribution in [0.15, 0.2) is 36.5 Å². The summed E-state index contributed by atoms with van der Waals surface area (Å²) in [6, 6.07) is 9.06. The number of pyridine rings is 1. The third-order valence-corrected chi connectivity index (χ3v) is 5.37. The number of aromatic nitrogens is 1. The predicted molar refractivity (Wildman–Crippen MR) is 75.0 cm³/mol. The van der Waals surface area contributed by atoms with Gasteiger partial charge in [-0.1, -0.05) is 18.2 Å².